The molecular weight excluding hydrogens is 1310 g/mol. The summed E-state index contributed by atoms with van der Waals surface area (Å²) in [6, 6.07) is 0. The van der Waals surface area contributed by atoms with E-state index in [-0.39, 0.29) is 25.7 Å². The van der Waals surface area contributed by atoms with Gasteiger partial charge in [0.15, 0.2) is 12.2 Å². The molecule has 0 fully saturated rings. The lowest BCUT2D eigenvalue weighted by Crippen LogP contribution is -2.30. The van der Waals surface area contributed by atoms with Crippen molar-refractivity contribution >= 4 is 39.5 Å². The minimum atomic E-state index is -4.96. The zero-order valence-corrected chi connectivity index (χ0v) is 67.6. The van der Waals surface area contributed by atoms with E-state index in [0.29, 0.717) is 31.6 Å². The highest BCUT2D eigenvalue weighted by atomic mass is 31.2. The van der Waals surface area contributed by atoms with Gasteiger partial charge < -0.3 is 33.8 Å². The van der Waals surface area contributed by atoms with E-state index in [1.165, 1.54) is 212 Å². The second-order valence-corrected chi connectivity index (χ2v) is 34.0. The summed E-state index contributed by atoms with van der Waals surface area (Å²) in [5.41, 5.74) is 0. The highest BCUT2D eigenvalue weighted by Crippen LogP contribution is 2.45. The number of unbranched alkanes of at least 4 members (excludes halogenated alkanes) is 44. The number of hydrogen-bond donors (Lipinski definition) is 3. The Bertz CT molecular complexity index is 1950. The number of phosphoric ester groups is 2. The zero-order valence-electron chi connectivity index (χ0n) is 65.8. The van der Waals surface area contributed by atoms with Crippen LogP contribution < -0.4 is 0 Å². The number of phosphoric acid groups is 2. The maximum absolute atomic E-state index is 13.1. The van der Waals surface area contributed by atoms with Crippen LogP contribution in [0.4, 0.5) is 0 Å². The molecule has 0 radical (unpaired) electrons. The van der Waals surface area contributed by atoms with Crippen LogP contribution in [0.25, 0.3) is 0 Å². The monoisotopic (exact) mass is 1470 g/mol. The number of aliphatic hydroxyl groups excluding tert-OH is 1. The van der Waals surface area contributed by atoms with Crippen LogP contribution >= 0.6 is 15.6 Å². The summed E-state index contributed by atoms with van der Waals surface area (Å²) in [5.74, 6) is 0.967. The van der Waals surface area contributed by atoms with E-state index in [2.05, 4.69) is 55.4 Å². The van der Waals surface area contributed by atoms with E-state index >= 15 is 0 Å². The van der Waals surface area contributed by atoms with E-state index in [9.17, 15) is 43.2 Å². The van der Waals surface area contributed by atoms with Gasteiger partial charge in [0, 0.05) is 25.7 Å². The van der Waals surface area contributed by atoms with Crippen LogP contribution in [0, 0.1) is 23.7 Å². The molecule has 3 unspecified atom stereocenters. The highest BCUT2D eigenvalue weighted by Gasteiger charge is 2.30. The van der Waals surface area contributed by atoms with Gasteiger partial charge in [-0.05, 0) is 49.4 Å². The molecule has 0 heterocycles. The largest absolute Gasteiger partial charge is 0.472 e. The number of hydrogen-bond acceptors (Lipinski definition) is 15. The molecule has 0 rings (SSSR count). The molecule has 0 aliphatic heterocycles. The Labute approximate surface area is 613 Å². The van der Waals surface area contributed by atoms with Crippen LogP contribution in [-0.2, 0) is 65.4 Å². The molecule has 0 spiro atoms. The molecule has 17 nitrogen and oxygen atoms in total. The predicted octanol–water partition coefficient (Wildman–Crippen LogP) is 24.0. The predicted molar refractivity (Wildman–Crippen MR) is 409 cm³/mol. The Morgan fingerprint density at radius 2 is 0.420 bits per heavy atom. The molecule has 0 aromatic carbocycles. The molecule has 5 atom stereocenters. The van der Waals surface area contributed by atoms with Crippen molar-refractivity contribution in [1.29, 1.82) is 0 Å². The first kappa shape index (κ1) is 98.1. The van der Waals surface area contributed by atoms with Crippen LogP contribution in [0.1, 0.15) is 415 Å². The van der Waals surface area contributed by atoms with Crippen LogP contribution in [0.3, 0.4) is 0 Å². The summed E-state index contributed by atoms with van der Waals surface area (Å²) in [6.07, 6.45) is 56.9. The van der Waals surface area contributed by atoms with Gasteiger partial charge in [-0.3, -0.25) is 37.3 Å². The fraction of sp³-hybridized carbons (Fsp3) is 0.951. The molecule has 19 heteroatoms. The molecular formula is C81H158O17P2. The second-order valence-electron chi connectivity index (χ2n) is 31.1. The van der Waals surface area contributed by atoms with Gasteiger partial charge in [0.2, 0.25) is 0 Å². The normalized spacial score (nSPS) is 14.0. The van der Waals surface area contributed by atoms with E-state index in [1.807, 2.05) is 0 Å². The maximum atomic E-state index is 13.1. The van der Waals surface area contributed by atoms with Gasteiger partial charge >= 0.3 is 39.5 Å². The Morgan fingerprint density at radius 1 is 0.250 bits per heavy atom. The Kier molecular flexibility index (Phi) is 68.7. The fourth-order valence-electron chi connectivity index (χ4n) is 12.4. The molecule has 3 N–H and O–H groups in total. The van der Waals surface area contributed by atoms with Crippen LogP contribution in [0.15, 0.2) is 0 Å². The lowest BCUT2D eigenvalue weighted by molar-refractivity contribution is -0.161. The van der Waals surface area contributed by atoms with Gasteiger partial charge in [0.05, 0.1) is 26.4 Å². The SMILES string of the molecule is CC(C)CCCCCCCCCCCCCCCCCC(=O)O[C@H](COC(=O)CCCCCCCCCCCCCC(C)C)COP(=O)(O)OCC(O)COP(=O)(O)OC[C@@H](COC(=O)CCCCCCCCCC(C)C)OC(=O)CCCCCCCCCCCCCCCCCC(C)C. The third-order valence-corrected chi connectivity index (χ3v) is 20.7. The first-order valence-corrected chi connectivity index (χ1v) is 44.7. The summed E-state index contributed by atoms with van der Waals surface area (Å²) in [6.45, 7) is 14.2. The average Bonchev–Trinajstić information content (AvgIpc) is 0.920. The van der Waals surface area contributed by atoms with Crippen molar-refractivity contribution in [1.82, 2.24) is 0 Å². The van der Waals surface area contributed by atoms with E-state index in [4.69, 9.17) is 37.0 Å². The molecule has 0 saturated carbocycles. The van der Waals surface area contributed by atoms with Crippen LogP contribution in [0.5, 0.6) is 0 Å². The van der Waals surface area contributed by atoms with Gasteiger partial charge in [-0.15, -0.1) is 0 Å². The van der Waals surface area contributed by atoms with Crippen molar-refractivity contribution in [2.75, 3.05) is 39.6 Å². The molecule has 0 aromatic heterocycles. The molecule has 0 aliphatic carbocycles. The number of carbonyl (C=O) groups excluding carboxylic acids is 4. The summed E-state index contributed by atoms with van der Waals surface area (Å²) < 4.78 is 68.7. The zero-order chi connectivity index (χ0) is 73.8. The summed E-state index contributed by atoms with van der Waals surface area (Å²) in [4.78, 5) is 73.0. The highest BCUT2D eigenvalue weighted by molar-refractivity contribution is 7.47. The van der Waals surface area contributed by atoms with Gasteiger partial charge in [-0.2, -0.15) is 0 Å². The summed E-state index contributed by atoms with van der Waals surface area (Å²) in [7, 11) is -9.92. The number of ether oxygens (including phenoxy) is 4. The first-order chi connectivity index (χ1) is 48.1. The third kappa shape index (κ3) is 74.3. The second kappa shape index (κ2) is 70.1. The van der Waals surface area contributed by atoms with Crippen LogP contribution in [-0.4, -0.2) is 96.7 Å². The Hall–Kier alpha value is -1.94. The molecule has 0 aromatic rings. The summed E-state index contributed by atoms with van der Waals surface area (Å²) in [5, 5.41) is 10.6. The lowest BCUT2D eigenvalue weighted by Gasteiger charge is -2.21. The minimum Gasteiger partial charge on any atom is -0.462 e. The summed E-state index contributed by atoms with van der Waals surface area (Å²) >= 11 is 0. The minimum absolute atomic E-state index is 0.107. The van der Waals surface area contributed by atoms with Crippen LogP contribution in [0.2, 0.25) is 0 Å². The number of carbonyl (C=O) groups is 4. The van der Waals surface area contributed by atoms with E-state index in [1.54, 1.807) is 0 Å². The third-order valence-electron chi connectivity index (χ3n) is 18.8. The van der Waals surface area contributed by atoms with E-state index in [0.717, 1.165) is 114 Å². The number of aliphatic hydroxyl groups is 1. The molecule has 594 valence electrons. The van der Waals surface area contributed by atoms with Crippen molar-refractivity contribution in [3.63, 3.8) is 0 Å². The average molecular weight is 1470 g/mol. The van der Waals surface area contributed by atoms with Gasteiger partial charge in [-0.25, -0.2) is 9.13 Å². The fourth-order valence-corrected chi connectivity index (χ4v) is 14.0. The van der Waals surface area contributed by atoms with Crippen molar-refractivity contribution in [2.45, 2.75) is 433 Å². The van der Waals surface area contributed by atoms with Gasteiger partial charge in [0.1, 0.15) is 19.3 Å². The molecule has 0 saturated heterocycles. The number of esters is 4. The molecule has 0 bridgehead atoms. The smallest absolute Gasteiger partial charge is 0.462 e. The quantitative estimate of drug-likeness (QED) is 0.0222. The van der Waals surface area contributed by atoms with Crippen molar-refractivity contribution < 1.29 is 80.2 Å². The number of rotatable bonds is 78. The standard InChI is InChI=1S/C81H158O17P2/c1-71(2)57-49-41-33-26-20-15-11-9-13-17-23-30-38-47-55-63-80(85)97-76(67-91-78(83)61-53-45-37-29-25-19-22-28-35-43-51-59-73(5)6)69-95-99(87,88)93-65-75(82)66-94-100(89,90)96-70-77(68-92-79(84)62-54-46-40-32-36-44-52-60-74(7)8)98-81(86)64-56-48-39-31-24-18-14-10-12-16-21-27-34-42-50-58-72(3)4/h71-77,82H,9-70H2,1-8H3,(H,87,88)(H,89,90)/t75?,76-,77-/m1/s1. The Balaban J connectivity index is 5.24. The Morgan fingerprint density at radius 3 is 0.620 bits per heavy atom. The molecule has 100 heavy (non-hydrogen) atoms. The first-order valence-electron chi connectivity index (χ1n) is 41.7. The molecule has 0 aliphatic rings. The molecule has 0 amide bonds. The van der Waals surface area contributed by atoms with Crippen molar-refractivity contribution in [3.8, 4) is 0 Å². The topological polar surface area (TPSA) is 237 Å². The van der Waals surface area contributed by atoms with Crippen molar-refractivity contribution in [2.24, 2.45) is 23.7 Å². The van der Waals surface area contributed by atoms with Gasteiger partial charge in [-0.1, -0.05) is 364 Å². The van der Waals surface area contributed by atoms with Gasteiger partial charge in [0.25, 0.3) is 0 Å². The lowest BCUT2D eigenvalue weighted by atomic mass is 10.0. The maximum Gasteiger partial charge on any atom is 0.472 e. The van der Waals surface area contributed by atoms with E-state index < -0.39 is 97.5 Å². The van der Waals surface area contributed by atoms with Crippen molar-refractivity contribution in [3.05, 3.63) is 0 Å².